The maximum absolute atomic E-state index is 13.2. The van der Waals surface area contributed by atoms with Gasteiger partial charge in [-0.25, -0.2) is 9.37 Å². The van der Waals surface area contributed by atoms with Crippen molar-refractivity contribution in [3.63, 3.8) is 0 Å². The van der Waals surface area contributed by atoms with Gasteiger partial charge in [0.05, 0.1) is 19.6 Å². The number of hydrogen-bond donors (Lipinski definition) is 0. The first kappa shape index (κ1) is 17.7. The Morgan fingerprint density at radius 1 is 1.23 bits per heavy atom. The number of rotatable bonds is 5. The monoisotopic (exact) mass is 353 g/mol. The number of carbonyl (C=O) groups excluding carboxylic acids is 1. The van der Waals surface area contributed by atoms with Gasteiger partial charge in [-0.2, -0.15) is 0 Å². The van der Waals surface area contributed by atoms with Gasteiger partial charge in [0.2, 0.25) is 0 Å². The summed E-state index contributed by atoms with van der Waals surface area (Å²) >= 11 is 0. The minimum atomic E-state index is -0.328. The summed E-state index contributed by atoms with van der Waals surface area (Å²) in [5, 5.41) is 0. The number of halogens is 1. The van der Waals surface area contributed by atoms with E-state index < -0.39 is 0 Å². The Balaban J connectivity index is 1.85. The van der Waals surface area contributed by atoms with Gasteiger partial charge in [-0.05, 0) is 37.3 Å². The van der Waals surface area contributed by atoms with Crippen LogP contribution in [-0.4, -0.2) is 34.5 Å². The van der Waals surface area contributed by atoms with E-state index in [2.05, 4.69) is 4.98 Å². The van der Waals surface area contributed by atoms with Crippen molar-refractivity contribution in [3.05, 3.63) is 77.6 Å². The molecule has 1 aromatic heterocycles. The van der Waals surface area contributed by atoms with Crippen molar-refractivity contribution in [2.75, 3.05) is 14.2 Å². The molecule has 0 aliphatic rings. The lowest BCUT2D eigenvalue weighted by atomic mass is 10.1. The summed E-state index contributed by atoms with van der Waals surface area (Å²) in [4.78, 5) is 18.6. The summed E-state index contributed by atoms with van der Waals surface area (Å²) in [6.45, 7) is 2.40. The van der Waals surface area contributed by atoms with Crippen LogP contribution in [0.25, 0.3) is 5.69 Å². The second kappa shape index (κ2) is 7.39. The van der Waals surface area contributed by atoms with Crippen LogP contribution >= 0.6 is 0 Å². The molecule has 3 rings (SSSR count). The summed E-state index contributed by atoms with van der Waals surface area (Å²) in [6.07, 6.45) is 3.05. The number of ether oxygens (including phenoxy) is 1. The minimum absolute atomic E-state index is 0.185. The summed E-state index contributed by atoms with van der Waals surface area (Å²) in [6, 6.07) is 11.8. The fraction of sp³-hybridized carbons (Fsp3) is 0.200. The molecular formula is C20H20FN3O2. The molecule has 1 heterocycles. The van der Waals surface area contributed by atoms with Crippen LogP contribution < -0.4 is 4.74 Å². The standard InChI is InChI=1S/C20H20FN3O2/c1-14-4-9-19(26-3)15(10-14)12-23(2)20(25)18-11-22-13-24(18)17-7-5-16(21)6-8-17/h4-11,13H,12H2,1-3H3. The highest BCUT2D eigenvalue weighted by atomic mass is 19.1. The van der Waals surface area contributed by atoms with Gasteiger partial charge < -0.3 is 9.64 Å². The molecule has 0 aliphatic heterocycles. The Hall–Kier alpha value is -3.15. The third-order valence-electron chi connectivity index (χ3n) is 4.15. The molecule has 2 aromatic carbocycles. The van der Waals surface area contributed by atoms with E-state index in [1.165, 1.54) is 18.3 Å². The third-order valence-corrected chi connectivity index (χ3v) is 4.15. The predicted octanol–water partition coefficient (Wildman–Crippen LogP) is 3.60. The van der Waals surface area contributed by atoms with E-state index in [9.17, 15) is 9.18 Å². The number of hydrogen-bond acceptors (Lipinski definition) is 3. The van der Waals surface area contributed by atoms with Crippen LogP contribution in [0, 0.1) is 12.7 Å². The van der Waals surface area contributed by atoms with Crippen molar-refractivity contribution >= 4 is 5.91 Å². The zero-order chi connectivity index (χ0) is 18.7. The molecule has 0 radical (unpaired) electrons. The molecule has 0 saturated heterocycles. The van der Waals surface area contributed by atoms with Gasteiger partial charge in [0.15, 0.2) is 0 Å². The average Bonchev–Trinajstić information content (AvgIpc) is 3.11. The maximum Gasteiger partial charge on any atom is 0.272 e. The van der Waals surface area contributed by atoms with Crippen molar-refractivity contribution < 1.29 is 13.9 Å². The first-order valence-corrected chi connectivity index (χ1v) is 8.17. The minimum Gasteiger partial charge on any atom is -0.496 e. The molecule has 1 amide bonds. The van der Waals surface area contributed by atoms with Gasteiger partial charge in [-0.1, -0.05) is 17.7 Å². The molecule has 0 saturated carbocycles. The lowest BCUT2D eigenvalue weighted by molar-refractivity contribution is 0.0776. The van der Waals surface area contributed by atoms with Crippen LogP contribution in [0.1, 0.15) is 21.6 Å². The quantitative estimate of drug-likeness (QED) is 0.704. The smallest absolute Gasteiger partial charge is 0.272 e. The van der Waals surface area contributed by atoms with E-state index in [1.54, 1.807) is 42.1 Å². The summed E-state index contributed by atoms with van der Waals surface area (Å²) < 4.78 is 20.2. The molecule has 0 unspecified atom stereocenters. The van der Waals surface area contributed by atoms with Crippen molar-refractivity contribution in [3.8, 4) is 11.4 Å². The summed E-state index contributed by atoms with van der Waals surface area (Å²) in [5.74, 6) is 0.225. The van der Waals surface area contributed by atoms with E-state index in [0.29, 0.717) is 17.9 Å². The Labute approximate surface area is 151 Å². The van der Waals surface area contributed by atoms with Crippen molar-refractivity contribution in [1.29, 1.82) is 0 Å². The zero-order valence-corrected chi connectivity index (χ0v) is 14.9. The Kier molecular flexibility index (Phi) is 5.02. The number of amides is 1. The van der Waals surface area contributed by atoms with E-state index in [1.807, 2.05) is 25.1 Å². The highest BCUT2D eigenvalue weighted by molar-refractivity contribution is 5.92. The molecule has 0 atom stereocenters. The van der Waals surface area contributed by atoms with Gasteiger partial charge in [-0.15, -0.1) is 0 Å². The number of nitrogens with zero attached hydrogens (tertiary/aromatic N) is 3. The predicted molar refractivity (Wildman–Crippen MR) is 97.1 cm³/mol. The van der Waals surface area contributed by atoms with E-state index in [4.69, 9.17) is 4.74 Å². The zero-order valence-electron chi connectivity index (χ0n) is 14.9. The second-order valence-corrected chi connectivity index (χ2v) is 6.10. The van der Waals surface area contributed by atoms with Gasteiger partial charge in [0, 0.05) is 24.8 Å². The topological polar surface area (TPSA) is 47.4 Å². The van der Waals surface area contributed by atoms with Crippen LogP contribution in [0.2, 0.25) is 0 Å². The average molecular weight is 353 g/mol. The normalized spacial score (nSPS) is 10.6. The number of aromatic nitrogens is 2. The number of aryl methyl sites for hydroxylation is 1. The summed E-state index contributed by atoms with van der Waals surface area (Å²) in [5.41, 5.74) is 3.11. The molecule has 5 nitrogen and oxygen atoms in total. The van der Waals surface area contributed by atoms with Crippen molar-refractivity contribution in [1.82, 2.24) is 14.5 Å². The SMILES string of the molecule is COc1ccc(C)cc1CN(C)C(=O)c1cncn1-c1ccc(F)cc1. The maximum atomic E-state index is 13.2. The first-order chi connectivity index (χ1) is 12.5. The lowest BCUT2D eigenvalue weighted by Gasteiger charge is -2.20. The Bertz CT molecular complexity index is 919. The molecule has 0 N–H and O–H groups in total. The largest absolute Gasteiger partial charge is 0.496 e. The molecule has 0 bridgehead atoms. The van der Waals surface area contributed by atoms with Gasteiger partial charge in [0.1, 0.15) is 17.3 Å². The molecular weight excluding hydrogens is 333 g/mol. The van der Waals surface area contributed by atoms with Gasteiger partial charge >= 0.3 is 0 Å². The van der Waals surface area contributed by atoms with Crippen LogP contribution in [0.3, 0.4) is 0 Å². The molecule has 6 heteroatoms. The van der Waals surface area contributed by atoms with Crippen LogP contribution in [0.5, 0.6) is 5.75 Å². The number of imidazole rings is 1. The van der Waals surface area contributed by atoms with E-state index in [0.717, 1.165) is 16.9 Å². The van der Waals surface area contributed by atoms with Gasteiger partial charge in [0.25, 0.3) is 5.91 Å². The van der Waals surface area contributed by atoms with Gasteiger partial charge in [-0.3, -0.25) is 9.36 Å². The van der Waals surface area contributed by atoms with E-state index in [-0.39, 0.29) is 11.7 Å². The van der Waals surface area contributed by atoms with E-state index >= 15 is 0 Å². The third kappa shape index (κ3) is 3.59. The summed E-state index contributed by atoms with van der Waals surface area (Å²) in [7, 11) is 3.34. The molecule has 134 valence electrons. The van der Waals surface area contributed by atoms with Crippen molar-refractivity contribution in [2.24, 2.45) is 0 Å². The lowest BCUT2D eigenvalue weighted by Crippen LogP contribution is -2.28. The van der Waals surface area contributed by atoms with Crippen LogP contribution in [0.4, 0.5) is 4.39 Å². The molecule has 0 aliphatic carbocycles. The number of carbonyl (C=O) groups is 1. The van der Waals surface area contributed by atoms with Crippen molar-refractivity contribution in [2.45, 2.75) is 13.5 Å². The van der Waals surface area contributed by atoms with Crippen LogP contribution in [-0.2, 0) is 6.54 Å². The molecule has 3 aromatic rings. The fourth-order valence-electron chi connectivity index (χ4n) is 2.81. The highest BCUT2D eigenvalue weighted by Crippen LogP contribution is 2.22. The molecule has 0 fully saturated rings. The Morgan fingerprint density at radius 3 is 2.65 bits per heavy atom. The Morgan fingerprint density at radius 2 is 1.96 bits per heavy atom. The number of benzene rings is 2. The van der Waals surface area contributed by atoms with Crippen LogP contribution in [0.15, 0.2) is 55.0 Å². The first-order valence-electron chi connectivity index (χ1n) is 8.17. The highest BCUT2D eigenvalue weighted by Gasteiger charge is 2.19. The molecule has 0 spiro atoms. The number of methoxy groups -OCH3 is 1. The second-order valence-electron chi connectivity index (χ2n) is 6.10. The fourth-order valence-corrected chi connectivity index (χ4v) is 2.81. The molecule has 26 heavy (non-hydrogen) atoms.